The van der Waals surface area contributed by atoms with Gasteiger partial charge in [0.25, 0.3) is 5.56 Å². The molecule has 0 atom stereocenters. The molecule has 6 heteroatoms. The highest BCUT2D eigenvalue weighted by atomic mass is 35.5. The van der Waals surface area contributed by atoms with Crippen LogP contribution in [0.3, 0.4) is 0 Å². The summed E-state index contributed by atoms with van der Waals surface area (Å²) in [6.45, 7) is 0. The van der Waals surface area contributed by atoms with Gasteiger partial charge in [0, 0.05) is 17.2 Å². The van der Waals surface area contributed by atoms with Crippen molar-refractivity contribution in [2.75, 3.05) is 5.43 Å². The van der Waals surface area contributed by atoms with Crippen LogP contribution in [0.4, 0.5) is 5.82 Å². The van der Waals surface area contributed by atoms with Gasteiger partial charge in [-0.25, -0.2) is 9.66 Å². The second-order valence-electron chi connectivity index (χ2n) is 3.05. The van der Waals surface area contributed by atoms with E-state index in [-0.39, 0.29) is 5.56 Å². The summed E-state index contributed by atoms with van der Waals surface area (Å²) in [4.78, 5) is 16.1. The summed E-state index contributed by atoms with van der Waals surface area (Å²) in [6, 6.07) is 8.22. The highest BCUT2D eigenvalue weighted by molar-refractivity contribution is 7.80. The zero-order valence-corrected chi connectivity index (χ0v) is 9.74. The predicted octanol–water partition coefficient (Wildman–Crippen LogP) is 2.06. The molecule has 1 N–H and O–H groups in total. The molecule has 0 unspecified atom stereocenters. The normalized spacial score (nSPS) is 10.1. The smallest absolute Gasteiger partial charge is 0.270 e. The molecule has 0 bridgehead atoms. The molecular weight excluding hydrogens is 246 g/mol. The van der Waals surface area contributed by atoms with Gasteiger partial charge >= 0.3 is 0 Å². The van der Waals surface area contributed by atoms with E-state index in [0.29, 0.717) is 15.9 Å². The number of pyridine rings is 2. The molecule has 0 saturated carbocycles. The fraction of sp³-hybridized carbons (Fsp3) is 0. The van der Waals surface area contributed by atoms with E-state index in [1.54, 1.807) is 30.5 Å². The van der Waals surface area contributed by atoms with E-state index in [1.165, 1.54) is 10.7 Å². The fourth-order valence-corrected chi connectivity index (χ4v) is 1.50. The molecule has 0 radical (unpaired) electrons. The Hall–Kier alpha value is -1.46. The van der Waals surface area contributed by atoms with Gasteiger partial charge in [-0.1, -0.05) is 17.7 Å². The van der Waals surface area contributed by atoms with Crippen molar-refractivity contribution in [2.24, 2.45) is 0 Å². The minimum absolute atomic E-state index is 0.214. The van der Waals surface area contributed by atoms with Gasteiger partial charge in [-0.15, -0.1) is 12.6 Å². The number of hydrogen-bond acceptors (Lipinski definition) is 4. The summed E-state index contributed by atoms with van der Waals surface area (Å²) in [5, 5.41) is 0.365. The van der Waals surface area contributed by atoms with Crippen molar-refractivity contribution in [1.29, 1.82) is 0 Å². The summed E-state index contributed by atoms with van der Waals surface area (Å²) in [5.74, 6) is 0.501. The van der Waals surface area contributed by atoms with Crippen molar-refractivity contribution in [3.8, 4) is 0 Å². The van der Waals surface area contributed by atoms with Gasteiger partial charge in [0.1, 0.15) is 11.0 Å². The van der Waals surface area contributed by atoms with E-state index in [0.717, 1.165) is 0 Å². The lowest BCUT2D eigenvalue weighted by Crippen LogP contribution is -2.25. The van der Waals surface area contributed by atoms with Crippen molar-refractivity contribution in [3.05, 3.63) is 52.0 Å². The van der Waals surface area contributed by atoms with Crippen molar-refractivity contribution < 1.29 is 0 Å². The van der Waals surface area contributed by atoms with Gasteiger partial charge in [0.15, 0.2) is 0 Å². The van der Waals surface area contributed by atoms with Gasteiger partial charge < -0.3 is 0 Å². The second-order valence-corrected chi connectivity index (χ2v) is 3.95. The quantitative estimate of drug-likeness (QED) is 0.636. The van der Waals surface area contributed by atoms with Crippen LogP contribution >= 0.6 is 24.2 Å². The maximum Gasteiger partial charge on any atom is 0.270 e. The first-order valence-electron chi connectivity index (χ1n) is 4.46. The lowest BCUT2D eigenvalue weighted by atomic mass is 10.5. The van der Waals surface area contributed by atoms with Crippen LogP contribution in [0.5, 0.6) is 0 Å². The second kappa shape index (κ2) is 4.59. The number of rotatable bonds is 2. The molecule has 0 aliphatic rings. The third-order valence-electron chi connectivity index (χ3n) is 1.85. The first-order chi connectivity index (χ1) is 7.65. The summed E-state index contributed by atoms with van der Waals surface area (Å²) in [6.07, 6.45) is 1.58. The molecule has 0 aliphatic heterocycles. The summed E-state index contributed by atoms with van der Waals surface area (Å²) >= 11 is 9.79. The Bertz CT molecular complexity index is 570. The molecule has 16 heavy (non-hydrogen) atoms. The Morgan fingerprint density at radius 1 is 1.38 bits per heavy atom. The van der Waals surface area contributed by atoms with Gasteiger partial charge in [0.05, 0.1) is 0 Å². The zero-order valence-electron chi connectivity index (χ0n) is 8.09. The fourth-order valence-electron chi connectivity index (χ4n) is 1.15. The molecule has 0 aliphatic carbocycles. The highest BCUT2D eigenvalue weighted by Gasteiger charge is 1.98. The topological polar surface area (TPSA) is 46.9 Å². The third-order valence-corrected chi connectivity index (χ3v) is 2.34. The molecule has 4 nitrogen and oxygen atoms in total. The maximum absolute atomic E-state index is 11.5. The first kappa shape index (κ1) is 11.0. The number of halogens is 1. The summed E-state index contributed by atoms with van der Waals surface area (Å²) < 4.78 is 1.30. The molecule has 2 heterocycles. The predicted molar refractivity (Wildman–Crippen MR) is 66.2 cm³/mol. The monoisotopic (exact) mass is 253 g/mol. The van der Waals surface area contributed by atoms with E-state index in [9.17, 15) is 4.79 Å². The van der Waals surface area contributed by atoms with Crippen LogP contribution in [-0.2, 0) is 0 Å². The molecule has 0 saturated heterocycles. The number of thiol groups is 1. The number of anilines is 1. The van der Waals surface area contributed by atoms with Gasteiger partial charge in [-0.3, -0.25) is 10.2 Å². The van der Waals surface area contributed by atoms with E-state index < -0.39 is 0 Å². The van der Waals surface area contributed by atoms with E-state index in [1.807, 2.05) is 0 Å². The van der Waals surface area contributed by atoms with Crippen molar-refractivity contribution in [1.82, 2.24) is 9.66 Å². The van der Waals surface area contributed by atoms with Crippen molar-refractivity contribution in [2.45, 2.75) is 4.90 Å². The van der Waals surface area contributed by atoms with E-state index in [2.05, 4.69) is 23.0 Å². The lowest BCUT2D eigenvalue weighted by Gasteiger charge is -2.08. The van der Waals surface area contributed by atoms with Gasteiger partial charge in [-0.05, 0) is 18.2 Å². The van der Waals surface area contributed by atoms with Crippen LogP contribution in [0.2, 0.25) is 5.15 Å². The average Bonchev–Trinajstić information content (AvgIpc) is 2.22. The third kappa shape index (κ3) is 2.56. The SMILES string of the molecule is O=c1cc(S)ccn1Nc1cccc(Cl)n1. The maximum atomic E-state index is 11.5. The molecule has 82 valence electrons. The molecule has 0 amide bonds. The van der Waals surface area contributed by atoms with Gasteiger partial charge in [0.2, 0.25) is 0 Å². The lowest BCUT2D eigenvalue weighted by molar-refractivity contribution is 0.877. The Balaban J connectivity index is 2.31. The molecule has 0 spiro atoms. The summed E-state index contributed by atoms with van der Waals surface area (Å²) in [5.41, 5.74) is 2.60. The standard InChI is InChI=1S/C10H8ClN3OS/c11-8-2-1-3-9(12-8)13-14-5-4-7(16)6-10(14)15/h1-6,16H,(H,12,13). The van der Waals surface area contributed by atoms with Crippen LogP contribution in [0.1, 0.15) is 0 Å². The Labute approximate surface area is 102 Å². The Morgan fingerprint density at radius 2 is 2.19 bits per heavy atom. The molecule has 2 aromatic heterocycles. The largest absolute Gasteiger partial charge is 0.275 e. The minimum Gasteiger partial charge on any atom is -0.275 e. The molecule has 0 fully saturated rings. The number of nitrogens with one attached hydrogen (secondary N) is 1. The minimum atomic E-state index is -0.214. The number of aromatic nitrogens is 2. The van der Waals surface area contributed by atoms with E-state index >= 15 is 0 Å². The van der Waals surface area contributed by atoms with Crippen LogP contribution in [0.25, 0.3) is 0 Å². The first-order valence-corrected chi connectivity index (χ1v) is 5.29. The molecule has 2 aromatic rings. The van der Waals surface area contributed by atoms with Crippen molar-refractivity contribution >= 4 is 30.0 Å². The number of hydrogen-bond donors (Lipinski definition) is 2. The van der Waals surface area contributed by atoms with Crippen LogP contribution in [0, 0.1) is 0 Å². The Morgan fingerprint density at radius 3 is 2.88 bits per heavy atom. The molecular formula is C10H8ClN3OS. The molecule has 2 rings (SSSR count). The van der Waals surface area contributed by atoms with E-state index in [4.69, 9.17) is 11.6 Å². The summed E-state index contributed by atoms with van der Waals surface area (Å²) in [7, 11) is 0. The number of nitrogens with zero attached hydrogens (tertiary/aromatic N) is 2. The van der Waals surface area contributed by atoms with Crippen LogP contribution < -0.4 is 11.0 Å². The zero-order chi connectivity index (χ0) is 11.5. The van der Waals surface area contributed by atoms with Crippen molar-refractivity contribution in [3.63, 3.8) is 0 Å². The Kier molecular flexibility index (Phi) is 3.17. The van der Waals surface area contributed by atoms with Gasteiger partial charge in [-0.2, -0.15) is 0 Å². The average molecular weight is 254 g/mol. The van der Waals surface area contributed by atoms with Crippen LogP contribution in [-0.4, -0.2) is 9.66 Å². The molecule has 0 aromatic carbocycles. The highest BCUT2D eigenvalue weighted by Crippen LogP contribution is 2.09. The van der Waals surface area contributed by atoms with Crippen LogP contribution in [0.15, 0.2) is 46.2 Å².